The highest BCUT2D eigenvalue weighted by molar-refractivity contribution is 7.19. The van der Waals surface area contributed by atoms with Crippen molar-refractivity contribution in [3.63, 3.8) is 0 Å². The van der Waals surface area contributed by atoms with Crippen LogP contribution in [0.25, 0.3) is 10.2 Å². The normalized spacial score (nSPS) is 13.9. The second-order valence-electron chi connectivity index (χ2n) is 5.25. The molecular weight excluding hydrogens is 282 g/mol. The Balaban J connectivity index is 1.96. The first-order valence-corrected chi connectivity index (χ1v) is 7.94. The molecule has 1 aliphatic rings. The molecule has 0 unspecified atom stereocenters. The Bertz CT molecular complexity index is 783. The number of aromatic nitrogens is 1. The first kappa shape index (κ1) is 14.1. The van der Waals surface area contributed by atoms with Crippen molar-refractivity contribution in [2.24, 2.45) is 5.73 Å². The zero-order valence-electron chi connectivity index (χ0n) is 12.0. The summed E-state index contributed by atoms with van der Waals surface area (Å²) in [6, 6.07) is 1.65. The molecule has 3 rings (SSSR count). The van der Waals surface area contributed by atoms with Crippen LogP contribution in [-0.2, 0) is 6.42 Å². The van der Waals surface area contributed by atoms with Crippen LogP contribution in [0.15, 0.2) is 34.7 Å². The molecule has 0 radical (unpaired) electrons. The van der Waals surface area contributed by atoms with E-state index in [1.807, 2.05) is 6.92 Å². The molecule has 21 heavy (non-hydrogen) atoms. The zero-order valence-corrected chi connectivity index (χ0v) is 12.8. The van der Waals surface area contributed by atoms with Gasteiger partial charge < -0.3 is 16.0 Å². The lowest BCUT2D eigenvalue weighted by Gasteiger charge is -2.08. The van der Waals surface area contributed by atoms with E-state index in [0.29, 0.717) is 6.54 Å². The average Bonchev–Trinajstić information content (AvgIpc) is 3.07. The summed E-state index contributed by atoms with van der Waals surface area (Å²) in [5.41, 5.74) is 9.93. The van der Waals surface area contributed by atoms with E-state index in [-0.39, 0.29) is 5.56 Å². The van der Waals surface area contributed by atoms with Crippen molar-refractivity contribution in [2.45, 2.75) is 19.8 Å². The number of hydrogen-bond acceptors (Lipinski definition) is 4. The lowest BCUT2D eigenvalue weighted by molar-refractivity contribution is 0.981. The first-order chi connectivity index (χ1) is 10.2. The summed E-state index contributed by atoms with van der Waals surface area (Å²) >= 11 is 1.72. The third-order valence-electron chi connectivity index (χ3n) is 3.74. The number of anilines is 1. The van der Waals surface area contributed by atoms with Gasteiger partial charge in [0, 0.05) is 17.5 Å². The maximum atomic E-state index is 11.9. The lowest BCUT2D eigenvalue weighted by Crippen LogP contribution is -2.09. The second-order valence-corrected chi connectivity index (χ2v) is 6.36. The molecule has 0 amide bonds. The molecule has 0 aromatic carbocycles. The van der Waals surface area contributed by atoms with Crippen molar-refractivity contribution in [1.29, 1.82) is 0 Å². The predicted molar refractivity (Wildman–Crippen MR) is 90.3 cm³/mol. The smallest absolute Gasteiger partial charge is 0.250 e. The number of hydrogen-bond donors (Lipinski definition) is 3. The second kappa shape index (κ2) is 5.87. The fourth-order valence-electron chi connectivity index (χ4n) is 2.59. The van der Waals surface area contributed by atoms with Crippen molar-refractivity contribution in [1.82, 2.24) is 4.98 Å². The van der Waals surface area contributed by atoms with Gasteiger partial charge in [0.15, 0.2) is 0 Å². The third kappa shape index (κ3) is 2.80. The molecule has 4 N–H and O–H groups in total. The van der Waals surface area contributed by atoms with Gasteiger partial charge in [0.1, 0.15) is 0 Å². The van der Waals surface area contributed by atoms with E-state index in [4.69, 9.17) is 5.73 Å². The highest BCUT2D eigenvalue weighted by Crippen LogP contribution is 2.33. The van der Waals surface area contributed by atoms with Gasteiger partial charge in [-0.15, -0.1) is 11.3 Å². The minimum atomic E-state index is -0.0660. The van der Waals surface area contributed by atoms with Crippen LogP contribution >= 0.6 is 11.3 Å². The van der Waals surface area contributed by atoms with Crippen molar-refractivity contribution in [2.75, 3.05) is 18.4 Å². The van der Waals surface area contributed by atoms with Gasteiger partial charge in [0.2, 0.25) is 0 Å². The number of pyridine rings is 1. The summed E-state index contributed by atoms with van der Waals surface area (Å²) in [5, 5.41) is 3.40. The van der Waals surface area contributed by atoms with E-state index in [2.05, 4.69) is 28.5 Å². The van der Waals surface area contributed by atoms with E-state index in [9.17, 15) is 4.79 Å². The van der Waals surface area contributed by atoms with Crippen molar-refractivity contribution in [3.8, 4) is 0 Å². The summed E-state index contributed by atoms with van der Waals surface area (Å²) < 4.78 is 1.11. The maximum Gasteiger partial charge on any atom is 0.250 e. The Kier molecular flexibility index (Phi) is 3.94. The fourth-order valence-corrected chi connectivity index (χ4v) is 3.86. The molecule has 2 aromatic heterocycles. The molecule has 0 saturated heterocycles. The topological polar surface area (TPSA) is 70.9 Å². The van der Waals surface area contributed by atoms with Crippen LogP contribution in [0.2, 0.25) is 0 Å². The van der Waals surface area contributed by atoms with Crippen molar-refractivity contribution < 1.29 is 0 Å². The van der Waals surface area contributed by atoms with Gasteiger partial charge in [-0.1, -0.05) is 18.2 Å². The first-order valence-electron chi connectivity index (χ1n) is 7.13. The molecule has 2 aromatic rings. The van der Waals surface area contributed by atoms with Gasteiger partial charge in [-0.2, -0.15) is 0 Å². The van der Waals surface area contributed by atoms with E-state index in [1.165, 1.54) is 10.5 Å². The average molecular weight is 301 g/mol. The summed E-state index contributed by atoms with van der Waals surface area (Å²) in [6.07, 6.45) is 8.16. The molecule has 5 heteroatoms. The number of rotatable bonds is 5. The van der Waals surface area contributed by atoms with E-state index < -0.39 is 0 Å². The van der Waals surface area contributed by atoms with Crippen LogP contribution in [0.4, 0.5) is 5.69 Å². The highest BCUT2D eigenvalue weighted by Gasteiger charge is 2.13. The van der Waals surface area contributed by atoms with E-state index in [1.54, 1.807) is 17.4 Å². The molecule has 0 saturated carbocycles. The third-order valence-corrected chi connectivity index (χ3v) is 5.12. The number of aromatic amines is 1. The molecule has 0 fully saturated rings. The number of nitrogens with one attached hydrogen (secondary N) is 2. The molecule has 0 aliphatic heterocycles. The van der Waals surface area contributed by atoms with Crippen LogP contribution in [-0.4, -0.2) is 18.1 Å². The Morgan fingerprint density at radius 1 is 1.48 bits per heavy atom. The summed E-state index contributed by atoms with van der Waals surface area (Å²) in [6.45, 7) is 3.45. The van der Waals surface area contributed by atoms with E-state index in [0.717, 1.165) is 40.9 Å². The standard InChI is InChI=1S/C16H19N3OS/c1-10-13(6-7-17)21-16-12(8-14(20)19-15(10)16)18-9-11-4-2-3-5-11/h2-4,8H,5-7,9,17H2,1H3,(H2,18,19,20). The molecule has 0 atom stereocenters. The Hall–Kier alpha value is -1.85. The SMILES string of the molecule is Cc1c(CCN)sc2c(NCC3=CC=CC3)cc(=O)[nH]c12. The molecule has 110 valence electrons. The lowest BCUT2D eigenvalue weighted by atomic mass is 10.2. The van der Waals surface area contributed by atoms with Crippen molar-refractivity contribution in [3.05, 3.63) is 50.7 Å². The Morgan fingerprint density at radius 3 is 3.05 bits per heavy atom. The van der Waals surface area contributed by atoms with Crippen LogP contribution in [0.1, 0.15) is 16.9 Å². The molecule has 0 bridgehead atoms. The minimum absolute atomic E-state index is 0.0660. The molecule has 0 spiro atoms. The minimum Gasteiger partial charge on any atom is -0.380 e. The van der Waals surface area contributed by atoms with Gasteiger partial charge in [-0.25, -0.2) is 0 Å². The van der Waals surface area contributed by atoms with E-state index >= 15 is 0 Å². The van der Waals surface area contributed by atoms with Gasteiger partial charge in [0.25, 0.3) is 5.56 Å². The number of thiophene rings is 1. The van der Waals surface area contributed by atoms with Crippen LogP contribution in [0, 0.1) is 6.92 Å². The largest absolute Gasteiger partial charge is 0.380 e. The van der Waals surface area contributed by atoms with Gasteiger partial charge in [0.05, 0.1) is 15.9 Å². The van der Waals surface area contributed by atoms with Gasteiger partial charge >= 0.3 is 0 Å². The molecule has 4 nitrogen and oxygen atoms in total. The number of aryl methyl sites for hydroxylation is 1. The summed E-state index contributed by atoms with van der Waals surface area (Å²) in [7, 11) is 0. The van der Waals surface area contributed by atoms with Crippen LogP contribution in [0.3, 0.4) is 0 Å². The number of fused-ring (bicyclic) bond motifs is 1. The van der Waals surface area contributed by atoms with Crippen LogP contribution < -0.4 is 16.6 Å². The molecule has 2 heterocycles. The number of nitrogens with two attached hydrogens (primary N) is 1. The summed E-state index contributed by atoms with van der Waals surface area (Å²) in [4.78, 5) is 16.1. The quantitative estimate of drug-likeness (QED) is 0.795. The number of H-pyrrole nitrogens is 1. The summed E-state index contributed by atoms with van der Waals surface area (Å²) in [5.74, 6) is 0. The Morgan fingerprint density at radius 2 is 2.33 bits per heavy atom. The monoisotopic (exact) mass is 301 g/mol. The van der Waals surface area contributed by atoms with Crippen molar-refractivity contribution >= 4 is 27.2 Å². The maximum absolute atomic E-state index is 11.9. The van der Waals surface area contributed by atoms with Gasteiger partial charge in [-0.3, -0.25) is 4.79 Å². The molecule has 1 aliphatic carbocycles. The van der Waals surface area contributed by atoms with Crippen LogP contribution in [0.5, 0.6) is 0 Å². The predicted octanol–water partition coefficient (Wildman–Crippen LogP) is 2.70. The highest BCUT2D eigenvalue weighted by atomic mass is 32.1. The zero-order chi connectivity index (χ0) is 14.8. The fraction of sp³-hybridized carbons (Fsp3) is 0.312. The Labute approximate surface area is 127 Å². The number of allylic oxidation sites excluding steroid dienone is 3. The van der Waals surface area contributed by atoms with Gasteiger partial charge in [-0.05, 0) is 37.4 Å². The molecular formula is C16H19N3OS.